The predicted molar refractivity (Wildman–Crippen MR) is 156 cm³/mol. The van der Waals surface area contributed by atoms with E-state index in [0.717, 1.165) is 17.8 Å². The van der Waals surface area contributed by atoms with E-state index in [1.54, 1.807) is 12.1 Å². The Kier molecular flexibility index (Phi) is 19.7. The maximum Gasteiger partial charge on any atom is 0.333 e. The van der Waals surface area contributed by atoms with E-state index in [0.29, 0.717) is 28.5 Å². The monoisotopic (exact) mass is 598 g/mol. The molecule has 0 aliphatic carbocycles. The average Bonchev–Trinajstić information content (AvgIpc) is 3.59. The molecule has 40 heavy (non-hydrogen) atoms. The summed E-state index contributed by atoms with van der Waals surface area (Å²) in [4.78, 5) is 34.4. The number of aliphatic hydroxyl groups excluding tert-OH is 1. The van der Waals surface area contributed by atoms with Gasteiger partial charge in [0.1, 0.15) is 15.8 Å². The van der Waals surface area contributed by atoms with Crippen molar-refractivity contribution in [2.75, 3.05) is 10.6 Å². The van der Waals surface area contributed by atoms with Crippen molar-refractivity contribution < 1.29 is 29.0 Å². The number of carbonyl (C=O) groups excluding carboxylic acids is 2. The maximum atomic E-state index is 13.2. The minimum Gasteiger partial charge on any atom is -0.479 e. The smallest absolute Gasteiger partial charge is 0.333 e. The van der Waals surface area contributed by atoms with Gasteiger partial charge in [-0.2, -0.15) is 0 Å². The highest BCUT2D eigenvalue weighted by molar-refractivity contribution is 7.15. The Hall–Kier alpha value is -3.36. The molecule has 3 aromatic rings. The minimum atomic E-state index is -1.77. The van der Waals surface area contributed by atoms with Gasteiger partial charge in [0.05, 0.1) is 12.8 Å². The number of aliphatic carboxylic acids is 1. The summed E-state index contributed by atoms with van der Waals surface area (Å²) in [6.45, 7) is 12.0. The highest BCUT2D eigenvalue weighted by Crippen LogP contribution is 2.20. The van der Waals surface area contributed by atoms with Crippen molar-refractivity contribution in [2.24, 2.45) is 0 Å². The number of anilines is 2. The molecule has 0 saturated carbocycles. The fourth-order valence-electron chi connectivity index (χ4n) is 2.79. The van der Waals surface area contributed by atoms with Crippen molar-refractivity contribution >= 4 is 50.7 Å². The van der Waals surface area contributed by atoms with Crippen molar-refractivity contribution in [1.29, 1.82) is 0 Å². The van der Waals surface area contributed by atoms with E-state index in [4.69, 9.17) is 5.11 Å². The molecule has 0 aliphatic heterocycles. The van der Waals surface area contributed by atoms with Crippen molar-refractivity contribution in [3.05, 3.63) is 45.7 Å². The molecule has 2 heterocycles. The Morgan fingerprint density at radius 2 is 1.35 bits per heavy atom. The van der Waals surface area contributed by atoms with Gasteiger partial charge in [0.25, 0.3) is 0 Å². The molecule has 1 atom stereocenters. The normalized spacial score (nSPS) is 10.4. The van der Waals surface area contributed by atoms with Crippen LogP contribution < -0.4 is 10.6 Å². The van der Waals surface area contributed by atoms with Gasteiger partial charge in [0.2, 0.25) is 22.1 Å². The van der Waals surface area contributed by atoms with Gasteiger partial charge >= 0.3 is 5.97 Å². The van der Waals surface area contributed by atoms with Gasteiger partial charge in [0, 0.05) is 12.8 Å². The molecule has 0 radical (unpaired) electrons. The first-order chi connectivity index (χ1) is 19.3. The lowest BCUT2D eigenvalue weighted by atomic mass is 10.1. The molecule has 14 heteroatoms. The molecule has 1 unspecified atom stereocenters. The van der Waals surface area contributed by atoms with Crippen molar-refractivity contribution in [1.82, 2.24) is 20.4 Å². The summed E-state index contributed by atoms with van der Waals surface area (Å²) in [5.41, 5.74) is 0.569. The Labute approximate surface area is 242 Å². The average molecular weight is 599 g/mol. The van der Waals surface area contributed by atoms with E-state index in [1.165, 1.54) is 34.8 Å². The van der Waals surface area contributed by atoms with E-state index in [-0.39, 0.29) is 17.5 Å². The zero-order chi connectivity index (χ0) is 30.5. The second-order valence-corrected chi connectivity index (χ2v) is 9.29. The van der Waals surface area contributed by atoms with Gasteiger partial charge < -0.3 is 20.8 Å². The number of carboxylic acid groups (broad SMARTS) is 1. The third-order valence-electron chi connectivity index (χ3n) is 4.38. The summed E-state index contributed by atoms with van der Waals surface area (Å²) >= 11 is 2.45. The van der Waals surface area contributed by atoms with Crippen LogP contribution in [-0.4, -0.2) is 54.5 Å². The van der Waals surface area contributed by atoms with Crippen LogP contribution in [0.3, 0.4) is 0 Å². The Balaban J connectivity index is 0.00000237. The van der Waals surface area contributed by atoms with Gasteiger partial charge in [-0.25, -0.2) is 9.18 Å². The van der Waals surface area contributed by atoms with Gasteiger partial charge in [-0.3, -0.25) is 9.59 Å². The number of amides is 2. The summed E-state index contributed by atoms with van der Waals surface area (Å²) in [6.07, 6.45) is 0.555. The molecule has 0 bridgehead atoms. The number of nitrogens with zero attached hydrogens (tertiary/aromatic N) is 4. The molecule has 3 rings (SSSR count). The van der Waals surface area contributed by atoms with Crippen LogP contribution in [0.4, 0.5) is 14.7 Å². The van der Waals surface area contributed by atoms with Crippen molar-refractivity contribution in [2.45, 2.75) is 86.2 Å². The number of aryl methyl sites for hydroxylation is 2. The van der Waals surface area contributed by atoms with E-state index < -0.39 is 30.2 Å². The lowest BCUT2D eigenvalue weighted by Crippen LogP contribution is -2.26. The molecule has 222 valence electrons. The first-order valence-electron chi connectivity index (χ1n) is 13.2. The molecule has 0 spiro atoms. The highest BCUT2D eigenvalue weighted by atomic mass is 32.1. The SMILES string of the molecule is CC.CC.CC.O=C(Cc1cccc(F)c1)Nc1nnc(CCCCc2nnc(NC(=O)CC(O)C(=O)O)s2)s1. The summed E-state index contributed by atoms with van der Waals surface area (Å²) in [7, 11) is 0. The van der Waals surface area contributed by atoms with E-state index in [9.17, 15) is 23.9 Å². The molecule has 0 fully saturated rings. The van der Waals surface area contributed by atoms with Crippen LogP contribution in [0.5, 0.6) is 0 Å². The topological polar surface area (TPSA) is 167 Å². The van der Waals surface area contributed by atoms with Gasteiger partial charge in [-0.15, -0.1) is 20.4 Å². The van der Waals surface area contributed by atoms with E-state index in [2.05, 4.69) is 31.0 Å². The largest absolute Gasteiger partial charge is 0.479 e. The van der Waals surface area contributed by atoms with Crippen LogP contribution in [0, 0.1) is 5.82 Å². The number of carboxylic acids is 1. The minimum absolute atomic E-state index is 0.0388. The lowest BCUT2D eigenvalue weighted by molar-refractivity contribution is -0.148. The Bertz CT molecular complexity index is 1160. The molecule has 0 aliphatic rings. The number of carbonyl (C=O) groups is 3. The third kappa shape index (κ3) is 14.7. The maximum absolute atomic E-state index is 13.2. The van der Waals surface area contributed by atoms with E-state index in [1.807, 2.05) is 41.5 Å². The third-order valence-corrected chi connectivity index (χ3v) is 6.17. The van der Waals surface area contributed by atoms with E-state index >= 15 is 0 Å². The second kappa shape index (κ2) is 21.5. The predicted octanol–water partition coefficient (Wildman–Crippen LogP) is 5.13. The molecule has 2 amide bonds. The summed E-state index contributed by atoms with van der Waals surface area (Å²) in [5.74, 6) is -2.83. The molecular formula is C26H39FN6O5S2. The molecule has 1 aromatic carbocycles. The molecule has 4 N–H and O–H groups in total. The van der Waals surface area contributed by atoms with Crippen LogP contribution in [0.25, 0.3) is 0 Å². The van der Waals surface area contributed by atoms with Crippen molar-refractivity contribution in [3.63, 3.8) is 0 Å². The first-order valence-corrected chi connectivity index (χ1v) is 14.8. The standard InChI is InChI=1S/C20H21FN6O5S2.3C2H6/c21-12-5-3-4-11(8-12)9-14(29)22-19-26-24-16(33-19)6-1-2-7-17-25-27-20(34-17)23-15(30)10-13(28)18(31)32;3*1-2/h3-5,8,13,28H,1-2,6-7,9-10H2,(H,31,32)(H,22,26,29)(H,23,27,30);3*1-2H3. The Morgan fingerprint density at radius 1 is 0.850 bits per heavy atom. The fraction of sp³-hybridized carbons (Fsp3) is 0.500. The Morgan fingerprint density at radius 3 is 1.82 bits per heavy atom. The fourth-order valence-corrected chi connectivity index (χ4v) is 4.39. The second-order valence-electron chi connectivity index (χ2n) is 7.17. The number of nitrogens with one attached hydrogen (secondary N) is 2. The zero-order valence-corrected chi connectivity index (χ0v) is 25.4. The zero-order valence-electron chi connectivity index (χ0n) is 23.7. The number of hydrogen-bond donors (Lipinski definition) is 4. The highest BCUT2D eigenvalue weighted by Gasteiger charge is 2.19. The number of halogens is 1. The van der Waals surface area contributed by atoms with Crippen LogP contribution >= 0.6 is 22.7 Å². The molecule has 2 aromatic heterocycles. The number of rotatable bonds is 12. The molecule has 11 nitrogen and oxygen atoms in total. The van der Waals surface area contributed by atoms with Crippen LogP contribution in [0.1, 0.15) is 76.4 Å². The summed E-state index contributed by atoms with van der Waals surface area (Å²) in [5, 5.41) is 40.8. The van der Waals surface area contributed by atoms with Gasteiger partial charge in [-0.05, 0) is 30.5 Å². The quantitative estimate of drug-likeness (QED) is 0.207. The van der Waals surface area contributed by atoms with Crippen LogP contribution in [0.2, 0.25) is 0 Å². The van der Waals surface area contributed by atoms with Crippen LogP contribution in [-0.2, 0) is 33.6 Å². The summed E-state index contributed by atoms with van der Waals surface area (Å²) < 4.78 is 13.2. The number of benzene rings is 1. The number of hydrogen-bond acceptors (Lipinski definition) is 10. The molecule has 0 saturated heterocycles. The number of aromatic nitrogens is 4. The lowest BCUT2D eigenvalue weighted by Gasteiger charge is -2.03. The van der Waals surface area contributed by atoms with Crippen LogP contribution in [0.15, 0.2) is 24.3 Å². The number of aliphatic hydroxyl groups is 1. The number of unbranched alkanes of at least 4 members (excludes halogenated alkanes) is 1. The van der Waals surface area contributed by atoms with Gasteiger partial charge in [-0.1, -0.05) is 76.3 Å². The first kappa shape index (κ1) is 36.6. The molecular weight excluding hydrogens is 559 g/mol. The van der Waals surface area contributed by atoms with Crippen molar-refractivity contribution in [3.8, 4) is 0 Å². The van der Waals surface area contributed by atoms with Gasteiger partial charge in [0.15, 0.2) is 6.10 Å². The summed E-state index contributed by atoms with van der Waals surface area (Å²) in [6, 6.07) is 5.85.